The molecule has 0 saturated heterocycles. The summed E-state index contributed by atoms with van der Waals surface area (Å²) in [6.07, 6.45) is 5.17. The number of unbranched alkanes of at least 4 members (excludes halogenated alkanes) is 1. The second-order valence-corrected chi connectivity index (χ2v) is 4.15. The number of hydrogen-bond donors (Lipinski definition) is 0. The average molecular weight is 227 g/mol. The number of aromatic nitrogens is 1. The smallest absolute Gasteiger partial charge is 0.0416 e. The Labute approximate surface area is 97.3 Å². The summed E-state index contributed by atoms with van der Waals surface area (Å²) in [7, 11) is 2.15. The molecule has 1 heterocycles. The lowest BCUT2D eigenvalue weighted by molar-refractivity contribution is 0.331. The molecule has 1 aromatic heterocycles. The van der Waals surface area contributed by atoms with E-state index < -0.39 is 0 Å². The molecule has 1 aromatic rings. The standard InChI is InChI=1S/C12H19ClN2/c1-15(10-5-3-8-13)11-7-12-6-2-4-9-14-12/h2,4,6,9H,3,5,7-8,10-11H2,1H3. The first-order valence-corrected chi connectivity index (χ1v) is 6.01. The van der Waals surface area contributed by atoms with Crippen LogP contribution in [0.1, 0.15) is 18.5 Å². The highest BCUT2D eigenvalue weighted by molar-refractivity contribution is 6.17. The third-order valence-electron chi connectivity index (χ3n) is 2.40. The number of rotatable bonds is 7. The van der Waals surface area contributed by atoms with Gasteiger partial charge in [-0.2, -0.15) is 0 Å². The molecule has 2 nitrogen and oxygen atoms in total. The van der Waals surface area contributed by atoms with Crippen LogP contribution >= 0.6 is 11.6 Å². The van der Waals surface area contributed by atoms with E-state index in [0.29, 0.717) is 0 Å². The lowest BCUT2D eigenvalue weighted by Crippen LogP contribution is -2.22. The minimum Gasteiger partial charge on any atom is -0.306 e. The Balaban J connectivity index is 2.14. The molecular weight excluding hydrogens is 208 g/mol. The van der Waals surface area contributed by atoms with Gasteiger partial charge in [0.15, 0.2) is 0 Å². The summed E-state index contributed by atoms with van der Waals surface area (Å²) in [5.41, 5.74) is 1.17. The van der Waals surface area contributed by atoms with Crippen molar-refractivity contribution in [1.29, 1.82) is 0 Å². The lowest BCUT2D eigenvalue weighted by Gasteiger charge is -2.15. The summed E-state index contributed by atoms with van der Waals surface area (Å²) in [5, 5.41) is 0. The zero-order valence-electron chi connectivity index (χ0n) is 9.32. The van der Waals surface area contributed by atoms with Crippen molar-refractivity contribution in [3.63, 3.8) is 0 Å². The molecule has 0 amide bonds. The van der Waals surface area contributed by atoms with Crippen molar-refractivity contribution in [3.8, 4) is 0 Å². The van der Waals surface area contributed by atoms with Crippen LogP contribution in [0.5, 0.6) is 0 Å². The van der Waals surface area contributed by atoms with Crippen molar-refractivity contribution >= 4 is 11.6 Å². The van der Waals surface area contributed by atoms with Crippen molar-refractivity contribution in [3.05, 3.63) is 30.1 Å². The van der Waals surface area contributed by atoms with Crippen LogP contribution < -0.4 is 0 Å². The van der Waals surface area contributed by atoms with E-state index in [0.717, 1.165) is 31.8 Å². The van der Waals surface area contributed by atoms with Crippen molar-refractivity contribution in [2.24, 2.45) is 0 Å². The van der Waals surface area contributed by atoms with E-state index in [1.807, 2.05) is 18.3 Å². The van der Waals surface area contributed by atoms with Gasteiger partial charge in [-0.05, 0) is 38.6 Å². The summed E-state index contributed by atoms with van der Waals surface area (Å²) < 4.78 is 0. The molecule has 0 bridgehead atoms. The largest absolute Gasteiger partial charge is 0.306 e. The third kappa shape index (κ3) is 5.75. The highest BCUT2D eigenvalue weighted by atomic mass is 35.5. The molecule has 0 N–H and O–H groups in total. The van der Waals surface area contributed by atoms with Crippen molar-refractivity contribution < 1.29 is 0 Å². The van der Waals surface area contributed by atoms with E-state index in [4.69, 9.17) is 11.6 Å². The maximum absolute atomic E-state index is 5.63. The molecule has 0 saturated carbocycles. The quantitative estimate of drug-likeness (QED) is 0.525. The first kappa shape index (κ1) is 12.5. The second-order valence-electron chi connectivity index (χ2n) is 3.77. The van der Waals surface area contributed by atoms with Crippen LogP contribution in [0, 0.1) is 0 Å². The Morgan fingerprint density at radius 2 is 2.13 bits per heavy atom. The van der Waals surface area contributed by atoms with Crippen molar-refractivity contribution in [2.45, 2.75) is 19.3 Å². The fraction of sp³-hybridized carbons (Fsp3) is 0.583. The molecule has 0 aliphatic rings. The van der Waals surface area contributed by atoms with Gasteiger partial charge in [-0.3, -0.25) is 4.98 Å². The summed E-state index contributed by atoms with van der Waals surface area (Å²) in [4.78, 5) is 6.63. The first-order chi connectivity index (χ1) is 7.33. The SMILES string of the molecule is CN(CCCCCl)CCc1ccccn1. The van der Waals surface area contributed by atoms with Crippen LogP contribution in [-0.4, -0.2) is 35.9 Å². The molecule has 0 aliphatic carbocycles. The Kier molecular flexibility index (Phi) is 6.37. The highest BCUT2D eigenvalue weighted by Crippen LogP contribution is 1.99. The van der Waals surface area contributed by atoms with Gasteiger partial charge in [0.25, 0.3) is 0 Å². The van der Waals surface area contributed by atoms with Crippen LogP contribution in [-0.2, 0) is 6.42 Å². The van der Waals surface area contributed by atoms with E-state index in [9.17, 15) is 0 Å². The van der Waals surface area contributed by atoms with E-state index in [1.54, 1.807) is 0 Å². The monoisotopic (exact) mass is 226 g/mol. The van der Waals surface area contributed by atoms with Crippen LogP contribution in [0.2, 0.25) is 0 Å². The molecule has 0 unspecified atom stereocenters. The van der Waals surface area contributed by atoms with Gasteiger partial charge in [0.2, 0.25) is 0 Å². The third-order valence-corrected chi connectivity index (χ3v) is 2.67. The number of halogens is 1. The molecule has 3 heteroatoms. The van der Waals surface area contributed by atoms with Gasteiger partial charge >= 0.3 is 0 Å². The van der Waals surface area contributed by atoms with Gasteiger partial charge < -0.3 is 4.90 Å². The molecule has 0 fully saturated rings. The minimum atomic E-state index is 0.772. The zero-order valence-corrected chi connectivity index (χ0v) is 10.1. The average Bonchev–Trinajstić information content (AvgIpc) is 2.28. The Hall–Kier alpha value is -0.600. The Morgan fingerprint density at radius 3 is 2.80 bits per heavy atom. The Morgan fingerprint density at radius 1 is 1.27 bits per heavy atom. The van der Waals surface area contributed by atoms with Gasteiger partial charge in [0, 0.05) is 30.7 Å². The Bertz CT molecular complexity index is 251. The van der Waals surface area contributed by atoms with Crippen molar-refractivity contribution in [2.75, 3.05) is 26.0 Å². The van der Waals surface area contributed by atoms with E-state index >= 15 is 0 Å². The van der Waals surface area contributed by atoms with E-state index in [1.165, 1.54) is 12.1 Å². The van der Waals surface area contributed by atoms with Gasteiger partial charge in [-0.15, -0.1) is 11.6 Å². The minimum absolute atomic E-state index is 0.772. The number of alkyl halides is 1. The fourth-order valence-corrected chi connectivity index (χ4v) is 1.63. The summed E-state index contributed by atoms with van der Waals surface area (Å²) in [5.74, 6) is 0.772. The van der Waals surface area contributed by atoms with Gasteiger partial charge in [0.05, 0.1) is 0 Å². The summed E-state index contributed by atoms with van der Waals surface area (Å²) >= 11 is 5.63. The topological polar surface area (TPSA) is 16.1 Å². The maximum Gasteiger partial charge on any atom is 0.0416 e. The molecule has 84 valence electrons. The summed E-state index contributed by atoms with van der Waals surface area (Å²) in [6.45, 7) is 2.19. The second kappa shape index (κ2) is 7.66. The predicted octanol–water partition coefficient (Wildman–Crippen LogP) is 2.57. The van der Waals surface area contributed by atoms with Gasteiger partial charge in [-0.1, -0.05) is 6.07 Å². The van der Waals surface area contributed by atoms with Crippen LogP contribution in [0.3, 0.4) is 0 Å². The number of pyridine rings is 1. The molecule has 0 aromatic carbocycles. The fourth-order valence-electron chi connectivity index (χ4n) is 1.44. The first-order valence-electron chi connectivity index (χ1n) is 5.47. The molecule has 0 atom stereocenters. The number of nitrogens with zero attached hydrogens (tertiary/aromatic N) is 2. The van der Waals surface area contributed by atoms with Gasteiger partial charge in [-0.25, -0.2) is 0 Å². The van der Waals surface area contributed by atoms with E-state index in [2.05, 4.69) is 23.0 Å². The normalized spacial score (nSPS) is 10.9. The van der Waals surface area contributed by atoms with Gasteiger partial charge in [0.1, 0.15) is 0 Å². The predicted molar refractivity (Wildman–Crippen MR) is 65.4 cm³/mol. The lowest BCUT2D eigenvalue weighted by atomic mass is 10.2. The van der Waals surface area contributed by atoms with Crippen LogP contribution in [0.25, 0.3) is 0 Å². The molecule has 15 heavy (non-hydrogen) atoms. The molecule has 0 radical (unpaired) electrons. The molecule has 0 spiro atoms. The van der Waals surface area contributed by atoms with E-state index in [-0.39, 0.29) is 0 Å². The molecule has 1 rings (SSSR count). The maximum atomic E-state index is 5.63. The highest BCUT2D eigenvalue weighted by Gasteiger charge is 1.99. The summed E-state index contributed by atoms with van der Waals surface area (Å²) in [6, 6.07) is 6.07. The van der Waals surface area contributed by atoms with Crippen LogP contribution in [0.4, 0.5) is 0 Å². The van der Waals surface area contributed by atoms with Crippen LogP contribution in [0.15, 0.2) is 24.4 Å². The molecule has 0 aliphatic heterocycles. The molecular formula is C12H19ClN2. The number of hydrogen-bond acceptors (Lipinski definition) is 2. The van der Waals surface area contributed by atoms with Crippen molar-refractivity contribution in [1.82, 2.24) is 9.88 Å². The number of likely N-dealkylation sites (N-methyl/N-ethyl adjacent to an activating group) is 1. The zero-order chi connectivity index (χ0) is 10.9.